The molecule has 0 radical (unpaired) electrons. The number of carbonyl (C=O) groups excluding carboxylic acids is 1. The van der Waals surface area contributed by atoms with Crippen molar-refractivity contribution in [3.05, 3.63) is 34.2 Å². The second kappa shape index (κ2) is 5.03. The lowest BCUT2D eigenvalue weighted by Crippen LogP contribution is -2.04. The molecule has 0 saturated heterocycles. The first-order chi connectivity index (χ1) is 8.54. The van der Waals surface area contributed by atoms with Crippen LogP contribution < -0.4 is 5.73 Å². The molecule has 7 heteroatoms. The Hall–Kier alpha value is -1.47. The molecular formula is C11H8BrFN2O2S. The van der Waals surface area contributed by atoms with E-state index in [0.29, 0.717) is 10.6 Å². The van der Waals surface area contributed by atoms with Gasteiger partial charge in [0.15, 0.2) is 5.69 Å². The maximum atomic E-state index is 13.4. The summed E-state index contributed by atoms with van der Waals surface area (Å²) in [5, 5.41) is 0.701. The number of hydrogen-bond donors (Lipinski definition) is 1. The van der Waals surface area contributed by atoms with Crippen LogP contribution in [0.5, 0.6) is 0 Å². The Morgan fingerprint density at radius 1 is 1.56 bits per heavy atom. The Morgan fingerprint density at radius 2 is 2.28 bits per heavy atom. The highest BCUT2D eigenvalue weighted by Crippen LogP contribution is 2.35. The lowest BCUT2D eigenvalue weighted by Gasteiger charge is -2.00. The van der Waals surface area contributed by atoms with Gasteiger partial charge in [0.25, 0.3) is 0 Å². The van der Waals surface area contributed by atoms with Crippen molar-refractivity contribution in [1.29, 1.82) is 0 Å². The van der Waals surface area contributed by atoms with Gasteiger partial charge in [-0.15, -0.1) is 0 Å². The number of ether oxygens (including phenoxy) is 1. The standard InChI is InChI=1S/C11H8BrFN2O2S/c1-17-11(16)8-9(14)18-10(15-8)5-3-2-4-6(13)7(5)12/h2-4H,14H2,1H3. The predicted octanol–water partition coefficient (Wildman–Crippen LogP) is 3.08. The number of esters is 1. The van der Waals surface area contributed by atoms with Crippen molar-refractivity contribution in [3.63, 3.8) is 0 Å². The molecule has 94 valence electrons. The minimum absolute atomic E-state index is 0.0497. The van der Waals surface area contributed by atoms with Gasteiger partial charge in [-0.1, -0.05) is 23.5 Å². The molecular weight excluding hydrogens is 323 g/mol. The van der Waals surface area contributed by atoms with E-state index in [1.807, 2.05) is 0 Å². The molecule has 2 N–H and O–H groups in total. The summed E-state index contributed by atoms with van der Waals surface area (Å²) in [6.07, 6.45) is 0. The minimum atomic E-state index is -0.609. The SMILES string of the molecule is COC(=O)c1nc(-c2cccc(F)c2Br)sc1N. The molecule has 18 heavy (non-hydrogen) atoms. The second-order valence-electron chi connectivity index (χ2n) is 3.32. The third kappa shape index (κ3) is 2.23. The molecule has 0 amide bonds. The fourth-order valence-corrected chi connectivity index (χ4v) is 2.79. The van der Waals surface area contributed by atoms with Gasteiger partial charge in [-0.2, -0.15) is 0 Å². The van der Waals surface area contributed by atoms with E-state index in [9.17, 15) is 9.18 Å². The summed E-state index contributed by atoms with van der Waals surface area (Å²) < 4.78 is 18.3. The highest BCUT2D eigenvalue weighted by atomic mass is 79.9. The van der Waals surface area contributed by atoms with Gasteiger partial charge in [-0.3, -0.25) is 0 Å². The second-order valence-corrected chi connectivity index (χ2v) is 5.15. The number of rotatable bonds is 2. The van der Waals surface area contributed by atoms with E-state index in [0.717, 1.165) is 11.3 Å². The maximum Gasteiger partial charge on any atom is 0.359 e. The monoisotopic (exact) mass is 330 g/mol. The molecule has 0 aliphatic heterocycles. The topological polar surface area (TPSA) is 65.2 Å². The molecule has 0 saturated carbocycles. The fourth-order valence-electron chi connectivity index (χ4n) is 1.36. The number of halogens is 2. The first-order valence-electron chi connectivity index (χ1n) is 4.83. The number of benzene rings is 1. The Labute approximate surface area is 115 Å². The Balaban J connectivity index is 2.53. The molecule has 1 aromatic heterocycles. The average Bonchev–Trinajstić information content (AvgIpc) is 2.73. The highest BCUT2D eigenvalue weighted by molar-refractivity contribution is 9.10. The van der Waals surface area contributed by atoms with E-state index in [-0.39, 0.29) is 15.2 Å². The van der Waals surface area contributed by atoms with Crippen molar-refractivity contribution in [2.24, 2.45) is 0 Å². The van der Waals surface area contributed by atoms with Gasteiger partial charge in [0, 0.05) is 5.56 Å². The number of anilines is 1. The lowest BCUT2D eigenvalue weighted by atomic mass is 10.2. The first kappa shape index (κ1) is 13.0. The van der Waals surface area contributed by atoms with Crippen molar-refractivity contribution in [2.75, 3.05) is 12.8 Å². The third-order valence-corrected chi connectivity index (χ3v) is 3.94. The molecule has 2 rings (SSSR count). The molecule has 0 aliphatic rings. The summed E-state index contributed by atoms with van der Waals surface area (Å²) in [6, 6.07) is 4.57. The van der Waals surface area contributed by atoms with Crippen LogP contribution in [0, 0.1) is 5.82 Å². The van der Waals surface area contributed by atoms with Gasteiger partial charge in [0.1, 0.15) is 15.8 Å². The molecule has 0 spiro atoms. The van der Waals surface area contributed by atoms with Crippen molar-refractivity contribution in [2.45, 2.75) is 0 Å². The van der Waals surface area contributed by atoms with E-state index < -0.39 is 11.8 Å². The van der Waals surface area contributed by atoms with Crippen molar-refractivity contribution < 1.29 is 13.9 Å². The van der Waals surface area contributed by atoms with Crippen LogP contribution in [0.25, 0.3) is 10.6 Å². The Morgan fingerprint density at radius 3 is 2.94 bits per heavy atom. The fraction of sp³-hybridized carbons (Fsp3) is 0.0909. The van der Waals surface area contributed by atoms with Crippen LogP contribution in [0.15, 0.2) is 22.7 Å². The van der Waals surface area contributed by atoms with Crippen LogP contribution in [0.1, 0.15) is 10.5 Å². The molecule has 2 aromatic rings. The minimum Gasteiger partial charge on any atom is -0.464 e. The van der Waals surface area contributed by atoms with E-state index in [1.165, 1.54) is 13.2 Å². The van der Waals surface area contributed by atoms with Crippen molar-refractivity contribution in [1.82, 2.24) is 4.98 Å². The van der Waals surface area contributed by atoms with E-state index >= 15 is 0 Å². The van der Waals surface area contributed by atoms with E-state index in [2.05, 4.69) is 25.7 Å². The summed E-state index contributed by atoms with van der Waals surface area (Å²) in [5.74, 6) is -1.01. The van der Waals surface area contributed by atoms with Gasteiger partial charge in [0.2, 0.25) is 0 Å². The van der Waals surface area contributed by atoms with Crippen molar-refractivity contribution >= 4 is 38.2 Å². The summed E-state index contributed by atoms with van der Waals surface area (Å²) in [4.78, 5) is 15.5. The smallest absolute Gasteiger partial charge is 0.359 e. The number of hydrogen-bond acceptors (Lipinski definition) is 5. The summed E-state index contributed by atoms with van der Waals surface area (Å²) in [6.45, 7) is 0. The number of thiazole rings is 1. The maximum absolute atomic E-state index is 13.4. The number of aromatic nitrogens is 1. The lowest BCUT2D eigenvalue weighted by molar-refractivity contribution is 0.0596. The Bertz CT molecular complexity index is 615. The van der Waals surface area contributed by atoms with Crippen LogP contribution in [0.2, 0.25) is 0 Å². The number of nitrogen functional groups attached to an aromatic ring is 1. The van der Waals surface area contributed by atoms with Crippen LogP contribution in [-0.4, -0.2) is 18.1 Å². The molecule has 0 fully saturated rings. The van der Waals surface area contributed by atoms with E-state index in [1.54, 1.807) is 12.1 Å². The zero-order valence-electron chi connectivity index (χ0n) is 9.24. The largest absolute Gasteiger partial charge is 0.464 e. The molecule has 0 bridgehead atoms. The van der Waals surface area contributed by atoms with Crippen LogP contribution >= 0.6 is 27.3 Å². The van der Waals surface area contributed by atoms with E-state index in [4.69, 9.17) is 5.73 Å². The number of carbonyl (C=O) groups is 1. The quantitative estimate of drug-likeness (QED) is 0.859. The average molecular weight is 331 g/mol. The number of methoxy groups -OCH3 is 1. The van der Waals surface area contributed by atoms with Gasteiger partial charge in [-0.05, 0) is 22.0 Å². The van der Waals surface area contributed by atoms with Gasteiger partial charge >= 0.3 is 5.97 Å². The van der Waals surface area contributed by atoms with Gasteiger partial charge in [-0.25, -0.2) is 14.2 Å². The molecule has 4 nitrogen and oxygen atoms in total. The van der Waals surface area contributed by atoms with Gasteiger partial charge in [0.05, 0.1) is 11.6 Å². The summed E-state index contributed by atoms with van der Waals surface area (Å²) in [7, 11) is 1.25. The summed E-state index contributed by atoms with van der Waals surface area (Å²) in [5.41, 5.74) is 6.28. The van der Waals surface area contributed by atoms with Crippen LogP contribution in [0.4, 0.5) is 9.39 Å². The van der Waals surface area contributed by atoms with Gasteiger partial charge < -0.3 is 10.5 Å². The first-order valence-corrected chi connectivity index (χ1v) is 6.44. The zero-order chi connectivity index (χ0) is 13.3. The molecule has 1 aromatic carbocycles. The molecule has 1 heterocycles. The van der Waals surface area contributed by atoms with Crippen LogP contribution in [0.3, 0.4) is 0 Å². The normalized spacial score (nSPS) is 10.4. The molecule has 0 atom stereocenters. The van der Waals surface area contributed by atoms with Crippen molar-refractivity contribution in [3.8, 4) is 10.6 Å². The molecule has 0 unspecified atom stereocenters. The third-order valence-electron chi connectivity index (χ3n) is 2.21. The zero-order valence-corrected chi connectivity index (χ0v) is 11.6. The Kier molecular flexibility index (Phi) is 3.63. The predicted molar refractivity (Wildman–Crippen MR) is 71.0 cm³/mol. The number of nitrogens with zero attached hydrogens (tertiary/aromatic N) is 1. The van der Waals surface area contributed by atoms with Crippen LogP contribution in [-0.2, 0) is 4.74 Å². The summed E-state index contributed by atoms with van der Waals surface area (Å²) >= 11 is 4.24. The number of nitrogens with two attached hydrogens (primary N) is 1. The highest BCUT2D eigenvalue weighted by Gasteiger charge is 2.19. The molecule has 0 aliphatic carbocycles.